The Bertz CT molecular complexity index is 1340. The van der Waals surface area contributed by atoms with Gasteiger partial charge in [-0.25, -0.2) is 4.98 Å². The molecule has 0 fully saturated rings. The fourth-order valence-corrected chi connectivity index (χ4v) is 4.18. The number of amides is 1. The van der Waals surface area contributed by atoms with Crippen LogP contribution in [0.2, 0.25) is 0 Å². The van der Waals surface area contributed by atoms with Crippen molar-refractivity contribution >= 4 is 16.9 Å². The zero-order valence-electron chi connectivity index (χ0n) is 21.6. The predicted octanol–water partition coefficient (Wildman–Crippen LogP) is 5.82. The first-order chi connectivity index (χ1) is 17.4. The van der Waals surface area contributed by atoms with Crippen LogP contribution in [0.4, 0.5) is 0 Å². The number of hydrogen-bond donors (Lipinski definition) is 1. The van der Waals surface area contributed by atoms with E-state index in [-0.39, 0.29) is 12.5 Å². The van der Waals surface area contributed by atoms with Crippen LogP contribution in [0.3, 0.4) is 0 Å². The number of nitrogens with one attached hydrogen (secondary N) is 1. The molecule has 3 aromatic carbocycles. The average Bonchev–Trinajstić information content (AvgIpc) is 3.23. The summed E-state index contributed by atoms with van der Waals surface area (Å²) in [4.78, 5) is 17.3. The van der Waals surface area contributed by atoms with Gasteiger partial charge in [0.1, 0.15) is 17.3 Å². The van der Waals surface area contributed by atoms with Crippen LogP contribution >= 0.6 is 0 Å². The van der Waals surface area contributed by atoms with E-state index in [9.17, 15) is 4.79 Å². The van der Waals surface area contributed by atoms with Gasteiger partial charge in [-0.05, 0) is 87.1 Å². The van der Waals surface area contributed by atoms with Crippen molar-refractivity contribution in [1.82, 2.24) is 14.9 Å². The van der Waals surface area contributed by atoms with E-state index in [1.54, 1.807) is 0 Å². The molecule has 0 saturated heterocycles. The highest BCUT2D eigenvalue weighted by Crippen LogP contribution is 2.22. The first kappa shape index (κ1) is 25.3. The number of imidazole rings is 1. The lowest BCUT2D eigenvalue weighted by molar-refractivity contribution is -0.123. The third-order valence-corrected chi connectivity index (χ3v) is 6.47. The number of hydrogen-bond acceptors (Lipinski definition) is 4. The maximum Gasteiger partial charge on any atom is 0.258 e. The number of carbonyl (C=O) groups excluding carboxylic acids is 1. The lowest BCUT2D eigenvalue weighted by Gasteiger charge is -2.13. The highest BCUT2D eigenvalue weighted by molar-refractivity contribution is 5.78. The first-order valence-corrected chi connectivity index (χ1v) is 12.5. The molecule has 1 N–H and O–H groups in total. The molecule has 0 aliphatic carbocycles. The lowest BCUT2D eigenvalue weighted by atomic mass is 10.1. The molecule has 188 valence electrons. The summed E-state index contributed by atoms with van der Waals surface area (Å²) in [6, 6.07) is 20.2. The Balaban J connectivity index is 1.32. The summed E-state index contributed by atoms with van der Waals surface area (Å²) in [6.45, 7) is 9.97. The number of aryl methyl sites for hydroxylation is 4. The van der Waals surface area contributed by atoms with Gasteiger partial charge in [-0.15, -0.1) is 0 Å². The normalized spacial score (nSPS) is 11.0. The number of unbranched alkanes of at least 4 members (excludes halogenated alkanes) is 1. The van der Waals surface area contributed by atoms with E-state index in [1.165, 1.54) is 11.1 Å². The predicted molar refractivity (Wildman–Crippen MR) is 144 cm³/mol. The standard InChI is InChI=1S/C30H35N3O3/c1-21-14-15-23(3)28(18-21)36-20-30(34)31-19-29-32-25-11-5-6-12-26(25)33(29)16-7-8-17-35-27-13-9-10-22(2)24(27)4/h5-6,9-15,18H,7-8,16-17,19-20H2,1-4H3,(H,31,34). The van der Waals surface area contributed by atoms with Crippen molar-refractivity contribution in [1.29, 1.82) is 0 Å². The van der Waals surface area contributed by atoms with Crippen LogP contribution in [-0.2, 0) is 17.9 Å². The summed E-state index contributed by atoms with van der Waals surface area (Å²) in [6.07, 6.45) is 1.87. The molecule has 1 aromatic heterocycles. The number of nitrogens with zero attached hydrogens (tertiary/aromatic N) is 2. The summed E-state index contributed by atoms with van der Waals surface area (Å²) in [5, 5.41) is 2.97. The molecule has 4 aromatic rings. The minimum absolute atomic E-state index is 0.0275. The molecule has 0 aliphatic heterocycles. The Hall–Kier alpha value is -3.80. The van der Waals surface area contributed by atoms with Crippen molar-refractivity contribution in [3.8, 4) is 11.5 Å². The van der Waals surface area contributed by atoms with E-state index >= 15 is 0 Å². The van der Waals surface area contributed by atoms with E-state index in [4.69, 9.17) is 14.5 Å². The Kier molecular flexibility index (Phi) is 8.26. The topological polar surface area (TPSA) is 65.4 Å². The van der Waals surface area contributed by atoms with Crippen LogP contribution in [0.15, 0.2) is 60.7 Å². The third kappa shape index (κ3) is 6.25. The molecule has 0 saturated carbocycles. The molecule has 1 heterocycles. The number of fused-ring (bicyclic) bond motifs is 1. The Morgan fingerprint density at radius 3 is 2.58 bits per heavy atom. The first-order valence-electron chi connectivity index (χ1n) is 12.5. The highest BCUT2D eigenvalue weighted by Gasteiger charge is 2.12. The van der Waals surface area contributed by atoms with Crippen LogP contribution < -0.4 is 14.8 Å². The van der Waals surface area contributed by atoms with E-state index < -0.39 is 0 Å². The van der Waals surface area contributed by atoms with E-state index in [2.05, 4.69) is 35.9 Å². The Labute approximate surface area is 213 Å². The quantitative estimate of drug-likeness (QED) is 0.272. The number of para-hydroxylation sites is 2. The second-order valence-corrected chi connectivity index (χ2v) is 9.26. The molecule has 0 spiro atoms. The molecular formula is C30H35N3O3. The molecule has 6 heteroatoms. The molecule has 0 radical (unpaired) electrons. The van der Waals surface area contributed by atoms with Gasteiger partial charge >= 0.3 is 0 Å². The summed E-state index contributed by atoms with van der Waals surface area (Å²) in [5.74, 6) is 2.36. The summed E-state index contributed by atoms with van der Waals surface area (Å²) in [7, 11) is 0. The zero-order chi connectivity index (χ0) is 25.5. The van der Waals surface area contributed by atoms with Gasteiger partial charge in [0.25, 0.3) is 5.91 Å². The lowest BCUT2D eigenvalue weighted by Crippen LogP contribution is -2.29. The minimum Gasteiger partial charge on any atom is -0.493 e. The number of benzene rings is 3. The number of ether oxygens (including phenoxy) is 2. The van der Waals surface area contributed by atoms with E-state index in [0.29, 0.717) is 13.2 Å². The van der Waals surface area contributed by atoms with Crippen LogP contribution in [0, 0.1) is 27.7 Å². The minimum atomic E-state index is -0.170. The molecule has 0 atom stereocenters. The molecule has 36 heavy (non-hydrogen) atoms. The van der Waals surface area contributed by atoms with E-state index in [0.717, 1.165) is 58.9 Å². The van der Waals surface area contributed by atoms with Gasteiger partial charge in [0.2, 0.25) is 0 Å². The maximum absolute atomic E-state index is 12.5. The van der Waals surface area contributed by atoms with Crippen molar-refractivity contribution < 1.29 is 14.3 Å². The van der Waals surface area contributed by atoms with Gasteiger partial charge in [-0.1, -0.05) is 36.4 Å². The summed E-state index contributed by atoms with van der Waals surface area (Å²) < 4.78 is 14.0. The third-order valence-electron chi connectivity index (χ3n) is 6.47. The van der Waals surface area contributed by atoms with Crippen molar-refractivity contribution in [3.05, 3.63) is 88.7 Å². The van der Waals surface area contributed by atoms with Crippen LogP contribution in [0.5, 0.6) is 11.5 Å². The molecule has 0 bridgehead atoms. The SMILES string of the molecule is Cc1ccc(C)c(OCC(=O)NCc2nc3ccccc3n2CCCCOc2cccc(C)c2C)c1. The van der Waals surface area contributed by atoms with Gasteiger partial charge in [-0.2, -0.15) is 0 Å². The second-order valence-electron chi connectivity index (χ2n) is 9.26. The molecule has 1 amide bonds. The highest BCUT2D eigenvalue weighted by atomic mass is 16.5. The fraction of sp³-hybridized carbons (Fsp3) is 0.333. The van der Waals surface area contributed by atoms with Gasteiger partial charge in [0.05, 0.1) is 24.2 Å². The summed E-state index contributed by atoms with van der Waals surface area (Å²) in [5.41, 5.74) is 6.55. The fourth-order valence-electron chi connectivity index (χ4n) is 4.18. The summed E-state index contributed by atoms with van der Waals surface area (Å²) >= 11 is 0. The average molecular weight is 486 g/mol. The molecular weight excluding hydrogens is 450 g/mol. The van der Waals surface area contributed by atoms with Crippen LogP contribution in [-0.4, -0.2) is 28.7 Å². The monoisotopic (exact) mass is 485 g/mol. The van der Waals surface area contributed by atoms with Gasteiger partial charge in [0, 0.05) is 6.54 Å². The second kappa shape index (κ2) is 11.8. The zero-order valence-corrected chi connectivity index (χ0v) is 21.6. The van der Waals surface area contributed by atoms with Gasteiger partial charge < -0.3 is 19.4 Å². The van der Waals surface area contributed by atoms with Gasteiger partial charge in [-0.3, -0.25) is 4.79 Å². The van der Waals surface area contributed by atoms with Crippen molar-refractivity contribution in [3.63, 3.8) is 0 Å². The van der Waals surface area contributed by atoms with Crippen LogP contribution in [0.25, 0.3) is 11.0 Å². The van der Waals surface area contributed by atoms with Crippen molar-refractivity contribution in [2.24, 2.45) is 0 Å². The van der Waals surface area contributed by atoms with E-state index in [1.807, 2.05) is 62.4 Å². The molecule has 0 unspecified atom stereocenters. The number of rotatable bonds is 11. The number of aromatic nitrogens is 2. The smallest absolute Gasteiger partial charge is 0.258 e. The molecule has 6 nitrogen and oxygen atoms in total. The van der Waals surface area contributed by atoms with Crippen molar-refractivity contribution in [2.45, 2.75) is 53.6 Å². The van der Waals surface area contributed by atoms with Gasteiger partial charge in [0.15, 0.2) is 6.61 Å². The molecule has 4 rings (SSSR count). The maximum atomic E-state index is 12.5. The Morgan fingerprint density at radius 2 is 1.72 bits per heavy atom. The molecule has 0 aliphatic rings. The Morgan fingerprint density at radius 1 is 0.889 bits per heavy atom. The number of carbonyl (C=O) groups is 1. The largest absolute Gasteiger partial charge is 0.493 e. The van der Waals surface area contributed by atoms with Crippen molar-refractivity contribution in [2.75, 3.05) is 13.2 Å². The van der Waals surface area contributed by atoms with Crippen LogP contribution in [0.1, 0.15) is 40.9 Å².